The van der Waals surface area contributed by atoms with Crippen LogP contribution in [0.15, 0.2) is 12.7 Å². The maximum absolute atomic E-state index is 10.5. The third kappa shape index (κ3) is 7.32. The highest BCUT2D eigenvalue weighted by Crippen LogP contribution is 1.95. The van der Waals surface area contributed by atoms with E-state index in [1.807, 2.05) is 0 Å². The van der Waals surface area contributed by atoms with Crippen LogP contribution < -0.4 is 0 Å². The Hall–Kier alpha value is -0.573. The average molecular weight is 172 g/mol. The molecule has 0 N–H and O–H groups in total. The second kappa shape index (κ2) is 7.53. The van der Waals surface area contributed by atoms with Crippen LogP contribution in [0.5, 0.6) is 0 Å². The van der Waals surface area contributed by atoms with E-state index in [0.717, 1.165) is 6.42 Å². The van der Waals surface area contributed by atoms with Crippen molar-refractivity contribution in [3.8, 4) is 0 Å². The number of carbonyl (C=O) groups excluding carboxylic acids is 1. The molecule has 0 radical (unpaired) electrons. The maximum Gasteiger partial charge on any atom is 0.330 e. The summed E-state index contributed by atoms with van der Waals surface area (Å²) in [6, 6.07) is 1.35. The lowest BCUT2D eigenvalue weighted by atomic mass is 10.4. The normalized spacial score (nSPS) is 10.3. The van der Waals surface area contributed by atoms with Crippen molar-refractivity contribution in [3.05, 3.63) is 12.7 Å². The molecule has 11 heavy (non-hydrogen) atoms. The fraction of sp³-hybridized carbons (Fsp3) is 0.625. The molecule has 0 aliphatic rings. The zero-order chi connectivity index (χ0) is 8.53. The predicted octanol–water partition coefficient (Wildman–Crippen LogP) is 1.13. The molecule has 0 bridgehead atoms. The SMILES string of the molecule is C=CC(=O)OCCCC[SiH2]C. The number of hydrogen-bond donors (Lipinski definition) is 0. The first-order chi connectivity index (χ1) is 5.31. The minimum Gasteiger partial charge on any atom is -0.463 e. The first kappa shape index (κ1) is 10.4. The smallest absolute Gasteiger partial charge is 0.330 e. The molecule has 0 spiro atoms. The highest BCUT2D eigenvalue weighted by molar-refractivity contribution is 6.33. The van der Waals surface area contributed by atoms with Crippen LogP contribution in [-0.4, -0.2) is 22.1 Å². The van der Waals surface area contributed by atoms with Crippen LogP contribution in [-0.2, 0) is 9.53 Å². The van der Waals surface area contributed by atoms with Crippen LogP contribution in [0.3, 0.4) is 0 Å². The van der Waals surface area contributed by atoms with E-state index < -0.39 is 0 Å². The quantitative estimate of drug-likeness (QED) is 0.260. The zero-order valence-electron chi connectivity index (χ0n) is 7.14. The van der Waals surface area contributed by atoms with Crippen LogP contribution in [0.2, 0.25) is 12.6 Å². The number of rotatable bonds is 6. The minimum absolute atomic E-state index is 0.201. The van der Waals surface area contributed by atoms with Crippen molar-refractivity contribution < 1.29 is 9.53 Å². The minimum atomic E-state index is -0.307. The molecule has 0 aromatic rings. The summed E-state index contributed by atoms with van der Waals surface area (Å²) in [5, 5.41) is 0. The van der Waals surface area contributed by atoms with Crippen LogP contribution in [0, 0.1) is 0 Å². The van der Waals surface area contributed by atoms with E-state index in [-0.39, 0.29) is 15.5 Å². The highest BCUT2D eigenvalue weighted by atomic mass is 28.2. The molecule has 0 atom stereocenters. The van der Waals surface area contributed by atoms with Gasteiger partial charge in [0, 0.05) is 15.6 Å². The molecule has 0 rings (SSSR count). The molecule has 0 aliphatic heterocycles. The number of ether oxygens (including phenoxy) is 1. The van der Waals surface area contributed by atoms with Crippen molar-refractivity contribution in [3.63, 3.8) is 0 Å². The van der Waals surface area contributed by atoms with E-state index in [0.29, 0.717) is 6.61 Å². The van der Waals surface area contributed by atoms with E-state index in [1.165, 1.54) is 18.5 Å². The van der Waals surface area contributed by atoms with Crippen molar-refractivity contribution in [1.29, 1.82) is 0 Å². The second-order valence-electron chi connectivity index (χ2n) is 2.43. The van der Waals surface area contributed by atoms with Gasteiger partial charge in [0.1, 0.15) is 0 Å². The number of hydrogen-bond acceptors (Lipinski definition) is 2. The fourth-order valence-corrected chi connectivity index (χ4v) is 1.61. The van der Waals surface area contributed by atoms with Gasteiger partial charge in [-0.2, -0.15) is 0 Å². The highest BCUT2D eigenvalue weighted by Gasteiger charge is 1.93. The molecule has 0 saturated heterocycles. The monoisotopic (exact) mass is 172 g/mol. The lowest BCUT2D eigenvalue weighted by molar-refractivity contribution is -0.137. The molecular weight excluding hydrogens is 156 g/mol. The molecular formula is C8H16O2Si. The lowest BCUT2D eigenvalue weighted by Crippen LogP contribution is -2.01. The molecule has 0 unspecified atom stereocenters. The van der Waals surface area contributed by atoms with Gasteiger partial charge in [0.2, 0.25) is 0 Å². The Morgan fingerprint density at radius 2 is 2.36 bits per heavy atom. The Labute approximate surface area is 70.5 Å². The van der Waals surface area contributed by atoms with Crippen molar-refractivity contribution in [2.75, 3.05) is 6.61 Å². The maximum atomic E-state index is 10.5. The third-order valence-electron chi connectivity index (χ3n) is 1.41. The summed E-state index contributed by atoms with van der Waals surface area (Å²) < 4.78 is 4.80. The lowest BCUT2D eigenvalue weighted by Gasteiger charge is -1.99. The van der Waals surface area contributed by atoms with Gasteiger partial charge in [0.25, 0.3) is 0 Å². The van der Waals surface area contributed by atoms with Crippen molar-refractivity contribution in [2.24, 2.45) is 0 Å². The van der Waals surface area contributed by atoms with Crippen molar-refractivity contribution in [2.45, 2.75) is 25.4 Å². The summed E-state index contributed by atoms with van der Waals surface area (Å²) in [5.41, 5.74) is 0. The Balaban J connectivity index is 3.01. The molecule has 3 heteroatoms. The summed E-state index contributed by atoms with van der Waals surface area (Å²) >= 11 is 0. The van der Waals surface area contributed by atoms with Crippen molar-refractivity contribution >= 4 is 15.5 Å². The van der Waals surface area contributed by atoms with Gasteiger partial charge in [-0.25, -0.2) is 4.79 Å². The third-order valence-corrected chi connectivity index (χ3v) is 2.62. The van der Waals surface area contributed by atoms with E-state index in [9.17, 15) is 4.79 Å². The summed E-state index contributed by atoms with van der Waals surface area (Å²) in [6.07, 6.45) is 3.40. The standard InChI is InChI=1S/C8H16O2Si/c1-3-8(9)10-6-4-5-7-11-2/h3H,1,4-7,11H2,2H3. The Bertz CT molecular complexity index is 123. The fourth-order valence-electron chi connectivity index (χ4n) is 0.761. The predicted molar refractivity (Wildman–Crippen MR) is 49.6 cm³/mol. The Kier molecular flexibility index (Phi) is 7.14. The number of esters is 1. The average Bonchev–Trinajstić information content (AvgIpc) is 2.04. The molecule has 0 aliphatic carbocycles. The Morgan fingerprint density at radius 1 is 1.64 bits per heavy atom. The molecule has 0 aromatic heterocycles. The van der Waals surface area contributed by atoms with Crippen LogP contribution >= 0.6 is 0 Å². The van der Waals surface area contributed by atoms with Gasteiger partial charge in [0.15, 0.2) is 0 Å². The van der Waals surface area contributed by atoms with E-state index in [1.54, 1.807) is 0 Å². The van der Waals surface area contributed by atoms with E-state index >= 15 is 0 Å². The van der Waals surface area contributed by atoms with Gasteiger partial charge >= 0.3 is 5.97 Å². The zero-order valence-corrected chi connectivity index (χ0v) is 8.55. The van der Waals surface area contributed by atoms with Gasteiger partial charge in [-0.05, 0) is 6.42 Å². The van der Waals surface area contributed by atoms with Crippen molar-refractivity contribution in [1.82, 2.24) is 0 Å². The molecule has 0 amide bonds. The van der Waals surface area contributed by atoms with Gasteiger partial charge in [-0.3, -0.25) is 0 Å². The second-order valence-corrected chi connectivity index (χ2v) is 4.14. The largest absolute Gasteiger partial charge is 0.463 e. The summed E-state index contributed by atoms with van der Waals surface area (Å²) in [7, 11) is 0.201. The van der Waals surface area contributed by atoms with Gasteiger partial charge in [-0.15, -0.1) is 0 Å². The van der Waals surface area contributed by atoms with Crippen LogP contribution in [0.4, 0.5) is 0 Å². The molecule has 0 saturated carbocycles. The molecule has 0 aromatic carbocycles. The molecule has 2 nitrogen and oxygen atoms in total. The summed E-state index contributed by atoms with van der Waals surface area (Å²) in [4.78, 5) is 10.5. The first-order valence-electron chi connectivity index (χ1n) is 4.10. The van der Waals surface area contributed by atoms with E-state index in [2.05, 4.69) is 13.1 Å². The number of unbranched alkanes of at least 4 members (excludes halogenated alkanes) is 1. The van der Waals surface area contributed by atoms with Gasteiger partial charge < -0.3 is 4.74 Å². The van der Waals surface area contributed by atoms with E-state index in [4.69, 9.17) is 4.74 Å². The molecule has 0 heterocycles. The topological polar surface area (TPSA) is 26.3 Å². The van der Waals surface area contributed by atoms with Crippen LogP contribution in [0.25, 0.3) is 0 Å². The number of carbonyl (C=O) groups is 1. The summed E-state index contributed by atoms with van der Waals surface area (Å²) in [6.45, 7) is 6.15. The molecule has 0 fully saturated rings. The van der Waals surface area contributed by atoms with Gasteiger partial charge in [-0.1, -0.05) is 25.6 Å². The first-order valence-corrected chi connectivity index (χ1v) is 6.52. The molecule has 64 valence electrons. The Morgan fingerprint density at radius 3 is 2.91 bits per heavy atom. The van der Waals surface area contributed by atoms with Gasteiger partial charge in [0.05, 0.1) is 6.61 Å². The summed E-state index contributed by atoms with van der Waals surface area (Å²) in [5.74, 6) is -0.307. The van der Waals surface area contributed by atoms with Crippen LogP contribution in [0.1, 0.15) is 12.8 Å².